The number of hydrogen-bond acceptors (Lipinski definition) is 8. The molecule has 0 aromatic heterocycles. The van der Waals surface area contributed by atoms with Gasteiger partial charge in [-0.15, -0.1) is 0 Å². The van der Waals surface area contributed by atoms with Gasteiger partial charge in [0.25, 0.3) is 11.1 Å². The lowest BCUT2D eigenvalue weighted by Crippen LogP contribution is -2.36. The molecule has 0 spiro atoms. The van der Waals surface area contributed by atoms with Gasteiger partial charge in [-0.05, 0) is 66.7 Å². The van der Waals surface area contributed by atoms with Crippen LogP contribution >= 0.6 is 27.7 Å². The van der Waals surface area contributed by atoms with Crippen LogP contribution in [0.4, 0.5) is 10.5 Å². The summed E-state index contributed by atoms with van der Waals surface area (Å²) in [6.07, 6.45) is 1.48. The van der Waals surface area contributed by atoms with Crippen LogP contribution in [0.25, 0.3) is 6.08 Å². The minimum Gasteiger partial charge on any atom is -0.494 e. The molecule has 3 amide bonds. The van der Waals surface area contributed by atoms with E-state index in [2.05, 4.69) is 21.2 Å². The zero-order valence-corrected chi connectivity index (χ0v) is 21.1. The summed E-state index contributed by atoms with van der Waals surface area (Å²) in [6, 6.07) is 9.75. The van der Waals surface area contributed by atoms with E-state index in [1.165, 1.54) is 25.3 Å². The van der Waals surface area contributed by atoms with E-state index < -0.39 is 36.2 Å². The molecule has 1 heterocycles. The van der Waals surface area contributed by atoms with Gasteiger partial charge in [-0.25, -0.2) is 4.79 Å². The number of imide groups is 1. The number of carboxylic acids is 1. The zero-order valence-electron chi connectivity index (χ0n) is 18.7. The van der Waals surface area contributed by atoms with Gasteiger partial charge in [0.15, 0.2) is 18.1 Å². The van der Waals surface area contributed by atoms with E-state index in [9.17, 15) is 19.2 Å². The Morgan fingerprint density at radius 3 is 2.49 bits per heavy atom. The van der Waals surface area contributed by atoms with Gasteiger partial charge in [-0.1, -0.05) is 15.9 Å². The molecule has 2 aromatic rings. The van der Waals surface area contributed by atoms with Crippen LogP contribution in [-0.2, 0) is 14.4 Å². The lowest BCUT2D eigenvalue weighted by Gasteiger charge is -2.13. The quantitative estimate of drug-likeness (QED) is 0.411. The maximum absolute atomic E-state index is 12.8. The highest BCUT2D eigenvalue weighted by molar-refractivity contribution is 9.10. The average molecular weight is 565 g/mol. The first-order chi connectivity index (χ1) is 16.7. The summed E-state index contributed by atoms with van der Waals surface area (Å²) in [5.74, 6) is -1.19. The predicted molar refractivity (Wildman–Crippen MR) is 133 cm³/mol. The number of carbonyl (C=O) groups is 4. The fourth-order valence-corrected chi connectivity index (χ4v) is 4.26. The SMILES string of the molecule is CCOc1ccc(NC(=O)CN2C(=O)S/C(=C/c3cc(OC)c(OCC(=O)O)cc3Br)C2=O)cc1. The van der Waals surface area contributed by atoms with E-state index in [4.69, 9.17) is 19.3 Å². The molecule has 1 saturated heterocycles. The van der Waals surface area contributed by atoms with Crippen LogP contribution in [0.15, 0.2) is 45.8 Å². The van der Waals surface area contributed by atoms with Crippen LogP contribution < -0.4 is 19.5 Å². The van der Waals surface area contributed by atoms with Crippen LogP contribution in [-0.4, -0.2) is 59.9 Å². The number of halogens is 1. The van der Waals surface area contributed by atoms with E-state index in [1.807, 2.05) is 6.92 Å². The van der Waals surface area contributed by atoms with Gasteiger partial charge in [-0.3, -0.25) is 19.3 Å². The van der Waals surface area contributed by atoms with Crippen molar-refractivity contribution in [3.05, 3.63) is 51.3 Å². The van der Waals surface area contributed by atoms with Crippen molar-refractivity contribution in [2.75, 3.05) is 32.2 Å². The normalized spacial score (nSPS) is 14.3. The molecule has 3 rings (SSSR count). The molecule has 1 aliphatic rings. The summed E-state index contributed by atoms with van der Waals surface area (Å²) < 4.78 is 16.3. The number of ether oxygens (including phenoxy) is 3. The lowest BCUT2D eigenvalue weighted by molar-refractivity contribution is -0.139. The number of amides is 3. The Labute approximate surface area is 213 Å². The number of rotatable bonds is 10. The number of carbonyl (C=O) groups excluding carboxylic acids is 3. The van der Waals surface area contributed by atoms with Crippen LogP contribution in [0.1, 0.15) is 12.5 Å². The summed E-state index contributed by atoms with van der Waals surface area (Å²) >= 11 is 4.05. The van der Waals surface area contributed by atoms with Crippen LogP contribution in [0, 0.1) is 0 Å². The molecule has 0 unspecified atom stereocenters. The molecule has 12 heteroatoms. The maximum Gasteiger partial charge on any atom is 0.341 e. The molecule has 0 atom stereocenters. The third-order valence-corrected chi connectivity index (χ3v) is 6.14. The highest BCUT2D eigenvalue weighted by Gasteiger charge is 2.36. The van der Waals surface area contributed by atoms with Gasteiger partial charge < -0.3 is 24.6 Å². The molecular formula is C23H21BrN2O8S. The largest absolute Gasteiger partial charge is 0.494 e. The molecule has 1 fully saturated rings. The number of anilines is 1. The van der Waals surface area contributed by atoms with Crippen molar-refractivity contribution >= 4 is 62.5 Å². The van der Waals surface area contributed by atoms with Gasteiger partial charge in [0.05, 0.1) is 18.6 Å². The molecule has 184 valence electrons. The highest BCUT2D eigenvalue weighted by atomic mass is 79.9. The first kappa shape index (κ1) is 26.1. The van der Waals surface area contributed by atoms with E-state index in [0.29, 0.717) is 39.8 Å². The molecule has 2 aromatic carbocycles. The van der Waals surface area contributed by atoms with Crippen molar-refractivity contribution in [2.24, 2.45) is 0 Å². The summed E-state index contributed by atoms with van der Waals surface area (Å²) in [5, 5.41) is 10.9. The third-order valence-electron chi connectivity index (χ3n) is 4.55. The van der Waals surface area contributed by atoms with E-state index in [0.717, 1.165) is 4.90 Å². The van der Waals surface area contributed by atoms with Crippen molar-refractivity contribution in [2.45, 2.75) is 6.92 Å². The van der Waals surface area contributed by atoms with E-state index in [1.54, 1.807) is 24.3 Å². The minimum atomic E-state index is -1.15. The molecule has 0 saturated carbocycles. The second-order valence-corrected chi connectivity index (χ2v) is 8.83. The average Bonchev–Trinajstić information content (AvgIpc) is 3.07. The van der Waals surface area contributed by atoms with Gasteiger partial charge in [0.1, 0.15) is 12.3 Å². The Hall–Kier alpha value is -3.51. The van der Waals surface area contributed by atoms with Crippen molar-refractivity contribution in [3.8, 4) is 17.2 Å². The fraction of sp³-hybridized carbons (Fsp3) is 0.217. The molecule has 0 bridgehead atoms. The van der Waals surface area contributed by atoms with Gasteiger partial charge >= 0.3 is 5.97 Å². The Kier molecular flexibility index (Phi) is 8.77. The molecule has 0 radical (unpaired) electrons. The second kappa shape index (κ2) is 11.8. The summed E-state index contributed by atoms with van der Waals surface area (Å²) in [5.41, 5.74) is 0.996. The number of methoxy groups -OCH3 is 1. The molecule has 0 aliphatic carbocycles. The molecule has 10 nitrogen and oxygen atoms in total. The second-order valence-electron chi connectivity index (χ2n) is 6.98. The zero-order chi connectivity index (χ0) is 25.5. The standard InChI is InChI=1S/C23H21BrN2O8S/c1-3-33-15-6-4-14(5-7-15)25-20(27)11-26-22(30)19(35-23(26)31)9-13-8-17(32-2)18(10-16(13)24)34-12-21(28)29/h4-10H,3,11-12H2,1-2H3,(H,25,27)(H,28,29)/b19-9+. The maximum atomic E-state index is 12.8. The van der Waals surface area contributed by atoms with Crippen molar-refractivity contribution in [1.29, 1.82) is 0 Å². The smallest absolute Gasteiger partial charge is 0.341 e. The summed E-state index contributed by atoms with van der Waals surface area (Å²) in [4.78, 5) is 49.4. The number of carboxylic acid groups (broad SMARTS) is 1. The Morgan fingerprint density at radius 2 is 1.86 bits per heavy atom. The lowest BCUT2D eigenvalue weighted by atomic mass is 10.2. The fourth-order valence-electron chi connectivity index (χ4n) is 3.00. The molecular weight excluding hydrogens is 544 g/mol. The van der Waals surface area contributed by atoms with Crippen molar-refractivity contribution < 1.29 is 38.5 Å². The number of benzene rings is 2. The van der Waals surface area contributed by atoms with E-state index >= 15 is 0 Å². The number of aliphatic carboxylic acids is 1. The molecule has 1 aliphatic heterocycles. The Bertz CT molecular complexity index is 1180. The Balaban J connectivity index is 1.71. The van der Waals surface area contributed by atoms with Gasteiger partial charge in [-0.2, -0.15) is 0 Å². The first-order valence-electron chi connectivity index (χ1n) is 10.2. The van der Waals surface area contributed by atoms with Crippen molar-refractivity contribution in [3.63, 3.8) is 0 Å². The molecule has 35 heavy (non-hydrogen) atoms. The number of thioether (sulfide) groups is 1. The van der Waals surface area contributed by atoms with E-state index in [-0.39, 0.29) is 16.4 Å². The summed E-state index contributed by atoms with van der Waals surface area (Å²) in [6.45, 7) is 1.38. The number of nitrogens with one attached hydrogen (secondary N) is 1. The number of nitrogens with zero attached hydrogens (tertiary/aromatic N) is 1. The van der Waals surface area contributed by atoms with Crippen LogP contribution in [0.5, 0.6) is 17.2 Å². The predicted octanol–water partition coefficient (Wildman–Crippen LogP) is 3.99. The Morgan fingerprint density at radius 1 is 1.14 bits per heavy atom. The van der Waals surface area contributed by atoms with Crippen LogP contribution in [0.3, 0.4) is 0 Å². The topological polar surface area (TPSA) is 131 Å². The van der Waals surface area contributed by atoms with Gasteiger partial charge in [0.2, 0.25) is 5.91 Å². The summed E-state index contributed by atoms with van der Waals surface area (Å²) in [7, 11) is 1.39. The van der Waals surface area contributed by atoms with Gasteiger partial charge in [0, 0.05) is 10.2 Å². The van der Waals surface area contributed by atoms with Crippen molar-refractivity contribution in [1.82, 2.24) is 4.90 Å². The molecule has 2 N–H and O–H groups in total. The first-order valence-corrected chi connectivity index (χ1v) is 11.8. The minimum absolute atomic E-state index is 0.117. The van der Waals surface area contributed by atoms with Crippen LogP contribution in [0.2, 0.25) is 0 Å². The third kappa shape index (κ3) is 6.76. The monoisotopic (exact) mass is 564 g/mol. The highest BCUT2D eigenvalue weighted by Crippen LogP contribution is 2.38. The number of hydrogen-bond donors (Lipinski definition) is 2.